The smallest absolute Gasteiger partial charge is 0.265 e. The Morgan fingerprint density at radius 3 is 3.00 bits per heavy atom. The molecule has 72 valence electrons. The molecular weight excluding hydrogens is 182 g/mol. The van der Waals surface area contributed by atoms with E-state index in [2.05, 4.69) is 5.32 Å². The van der Waals surface area contributed by atoms with Gasteiger partial charge in [0.05, 0.1) is 5.69 Å². The minimum absolute atomic E-state index is 0.170. The van der Waals surface area contributed by atoms with Crippen LogP contribution in [0.3, 0.4) is 0 Å². The SMILES string of the molecule is CC1Oc2cc(C=O)ccc2NC1=O. The molecule has 0 fully saturated rings. The molecule has 1 heterocycles. The van der Waals surface area contributed by atoms with Gasteiger partial charge in [-0.3, -0.25) is 9.59 Å². The highest BCUT2D eigenvalue weighted by atomic mass is 16.5. The van der Waals surface area contributed by atoms with E-state index in [1.54, 1.807) is 25.1 Å². The molecule has 1 N–H and O–H groups in total. The molecule has 0 spiro atoms. The van der Waals surface area contributed by atoms with E-state index >= 15 is 0 Å². The lowest BCUT2D eigenvalue weighted by atomic mass is 10.1. The molecule has 0 saturated carbocycles. The average Bonchev–Trinajstić information content (AvgIpc) is 2.19. The van der Waals surface area contributed by atoms with E-state index in [1.807, 2.05) is 0 Å². The van der Waals surface area contributed by atoms with E-state index in [1.165, 1.54) is 0 Å². The van der Waals surface area contributed by atoms with Crippen molar-refractivity contribution in [3.63, 3.8) is 0 Å². The van der Waals surface area contributed by atoms with Crippen molar-refractivity contribution in [1.82, 2.24) is 0 Å². The van der Waals surface area contributed by atoms with E-state index in [0.717, 1.165) is 6.29 Å². The Labute approximate surface area is 80.9 Å². The maximum absolute atomic E-state index is 11.2. The van der Waals surface area contributed by atoms with Crippen LogP contribution in [0.2, 0.25) is 0 Å². The molecule has 1 amide bonds. The number of aldehydes is 1. The second-order valence-corrected chi connectivity index (χ2v) is 3.12. The quantitative estimate of drug-likeness (QED) is 0.679. The summed E-state index contributed by atoms with van der Waals surface area (Å²) in [7, 11) is 0. The van der Waals surface area contributed by atoms with Gasteiger partial charge in [0.25, 0.3) is 5.91 Å². The first-order chi connectivity index (χ1) is 6.70. The second kappa shape index (κ2) is 3.14. The third kappa shape index (κ3) is 1.35. The van der Waals surface area contributed by atoms with Gasteiger partial charge in [-0.05, 0) is 25.1 Å². The van der Waals surface area contributed by atoms with E-state index in [4.69, 9.17) is 4.74 Å². The largest absolute Gasteiger partial charge is 0.479 e. The van der Waals surface area contributed by atoms with Crippen LogP contribution in [0, 0.1) is 0 Å². The Bertz CT molecular complexity index is 400. The number of hydrogen-bond donors (Lipinski definition) is 1. The fraction of sp³-hybridized carbons (Fsp3) is 0.200. The number of hydrogen-bond acceptors (Lipinski definition) is 3. The molecule has 1 atom stereocenters. The number of amides is 1. The molecule has 1 unspecified atom stereocenters. The van der Waals surface area contributed by atoms with Crippen LogP contribution in [0.25, 0.3) is 0 Å². The van der Waals surface area contributed by atoms with Gasteiger partial charge in [-0.2, -0.15) is 0 Å². The maximum Gasteiger partial charge on any atom is 0.265 e. The van der Waals surface area contributed by atoms with Gasteiger partial charge in [-0.1, -0.05) is 0 Å². The van der Waals surface area contributed by atoms with Crippen molar-refractivity contribution in [2.45, 2.75) is 13.0 Å². The Hall–Kier alpha value is -1.84. The van der Waals surface area contributed by atoms with Crippen molar-refractivity contribution in [3.05, 3.63) is 23.8 Å². The number of benzene rings is 1. The predicted octanol–water partition coefficient (Wildman–Crippen LogP) is 1.22. The molecule has 0 aliphatic carbocycles. The van der Waals surface area contributed by atoms with Crippen LogP contribution >= 0.6 is 0 Å². The summed E-state index contributed by atoms with van der Waals surface area (Å²) in [6.45, 7) is 1.66. The summed E-state index contributed by atoms with van der Waals surface area (Å²) in [5, 5.41) is 2.68. The van der Waals surface area contributed by atoms with Gasteiger partial charge in [0.2, 0.25) is 0 Å². The molecule has 4 nitrogen and oxygen atoms in total. The van der Waals surface area contributed by atoms with Gasteiger partial charge in [-0.15, -0.1) is 0 Å². The summed E-state index contributed by atoms with van der Waals surface area (Å²) in [6, 6.07) is 4.90. The highest BCUT2D eigenvalue weighted by Crippen LogP contribution is 2.29. The standard InChI is InChI=1S/C10H9NO3/c1-6-10(13)11-8-3-2-7(5-12)4-9(8)14-6/h2-6H,1H3,(H,11,13). The van der Waals surface area contributed by atoms with Gasteiger partial charge in [-0.25, -0.2) is 0 Å². The van der Waals surface area contributed by atoms with Crippen molar-refractivity contribution in [2.24, 2.45) is 0 Å². The fourth-order valence-corrected chi connectivity index (χ4v) is 1.29. The predicted molar refractivity (Wildman–Crippen MR) is 50.5 cm³/mol. The van der Waals surface area contributed by atoms with E-state index in [-0.39, 0.29) is 5.91 Å². The zero-order valence-electron chi connectivity index (χ0n) is 7.61. The van der Waals surface area contributed by atoms with Crippen molar-refractivity contribution in [1.29, 1.82) is 0 Å². The molecular formula is C10H9NO3. The van der Waals surface area contributed by atoms with Crippen molar-refractivity contribution >= 4 is 17.9 Å². The molecule has 2 rings (SSSR count). The molecule has 0 bridgehead atoms. The maximum atomic E-state index is 11.2. The van der Waals surface area contributed by atoms with Crippen LogP contribution < -0.4 is 10.1 Å². The van der Waals surface area contributed by atoms with E-state index in [9.17, 15) is 9.59 Å². The average molecular weight is 191 g/mol. The monoisotopic (exact) mass is 191 g/mol. The number of rotatable bonds is 1. The van der Waals surface area contributed by atoms with Crippen molar-refractivity contribution in [3.8, 4) is 5.75 Å². The van der Waals surface area contributed by atoms with Crippen LogP contribution in [-0.4, -0.2) is 18.3 Å². The number of anilines is 1. The van der Waals surface area contributed by atoms with Crippen molar-refractivity contribution < 1.29 is 14.3 Å². The summed E-state index contributed by atoms with van der Waals surface area (Å²) in [5.74, 6) is 0.373. The zero-order chi connectivity index (χ0) is 10.1. The molecule has 0 saturated heterocycles. The van der Waals surface area contributed by atoms with Crippen LogP contribution in [0.1, 0.15) is 17.3 Å². The van der Waals surface area contributed by atoms with Gasteiger partial charge in [0.1, 0.15) is 12.0 Å². The van der Waals surface area contributed by atoms with Crippen LogP contribution in [0.5, 0.6) is 5.75 Å². The molecule has 1 aliphatic heterocycles. The fourth-order valence-electron chi connectivity index (χ4n) is 1.29. The summed E-state index contributed by atoms with van der Waals surface area (Å²) >= 11 is 0. The molecule has 14 heavy (non-hydrogen) atoms. The highest BCUT2D eigenvalue weighted by Gasteiger charge is 2.23. The number of ether oxygens (including phenoxy) is 1. The molecule has 4 heteroatoms. The van der Waals surface area contributed by atoms with Crippen LogP contribution in [0.4, 0.5) is 5.69 Å². The topological polar surface area (TPSA) is 55.4 Å². The Balaban J connectivity index is 2.42. The second-order valence-electron chi connectivity index (χ2n) is 3.12. The first-order valence-corrected chi connectivity index (χ1v) is 4.27. The van der Waals surface area contributed by atoms with Crippen LogP contribution in [0.15, 0.2) is 18.2 Å². The van der Waals surface area contributed by atoms with Crippen molar-refractivity contribution in [2.75, 3.05) is 5.32 Å². The Morgan fingerprint density at radius 2 is 2.29 bits per heavy atom. The van der Waals surface area contributed by atoms with Gasteiger partial charge >= 0.3 is 0 Å². The lowest BCUT2D eigenvalue weighted by Gasteiger charge is -2.23. The van der Waals surface area contributed by atoms with Crippen LogP contribution in [-0.2, 0) is 4.79 Å². The third-order valence-electron chi connectivity index (χ3n) is 2.07. The zero-order valence-corrected chi connectivity index (χ0v) is 7.61. The van der Waals surface area contributed by atoms with Gasteiger partial charge in [0.15, 0.2) is 6.10 Å². The molecule has 1 aromatic carbocycles. The minimum atomic E-state index is -0.510. The highest BCUT2D eigenvalue weighted by molar-refractivity contribution is 5.98. The van der Waals surface area contributed by atoms with Gasteiger partial charge in [0, 0.05) is 5.56 Å². The summed E-state index contributed by atoms with van der Waals surface area (Å²) in [6.07, 6.45) is 0.231. The molecule has 0 radical (unpaired) electrons. The third-order valence-corrected chi connectivity index (χ3v) is 2.07. The summed E-state index contributed by atoms with van der Waals surface area (Å²) < 4.78 is 5.32. The number of nitrogens with one attached hydrogen (secondary N) is 1. The van der Waals surface area contributed by atoms with E-state index in [0.29, 0.717) is 17.0 Å². The Morgan fingerprint density at radius 1 is 1.50 bits per heavy atom. The molecule has 0 aromatic heterocycles. The minimum Gasteiger partial charge on any atom is -0.479 e. The first kappa shape index (κ1) is 8.74. The van der Waals surface area contributed by atoms with E-state index < -0.39 is 6.10 Å². The normalized spacial score (nSPS) is 19.2. The Kier molecular flexibility index (Phi) is 1.96. The number of carbonyl (C=O) groups excluding carboxylic acids is 2. The lowest BCUT2D eigenvalue weighted by molar-refractivity contribution is -0.122. The number of carbonyl (C=O) groups is 2. The summed E-state index contributed by atoms with van der Waals surface area (Å²) in [4.78, 5) is 21.7. The molecule has 1 aliphatic rings. The summed E-state index contributed by atoms with van der Waals surface area (Å²) in [5.41, 5.74) is 1.14. The first-order valence-electron chi connectivity index (χ1n) is 4.27. The molecule has 1 aromatic rings. The van der Waals surface area contributed by atoms with Gasteiger partial charge < -0.3 is 10.1 Å². The number of fused-ring (bicyclic) bond motifs is 1. The lowest BCUT2D eigenvalue weighted by Crippen LogP contribution is -2.34.